The second-order valence-electron chi connectivity index (χ2n) is 10.5. The third kappa shape index (κ3) is 3.64. The molecule has 3 aromatic heterocycles. The molecular weight excluding hydrogens is 534 g/mol. The van der Waals surface area contributed by atoms with Crippen molar-refractivity contribution in [3.05, 3.63) is 127 Å². The predicted molar refractivity (Wildman–Crippen MR) is 174 cm³/mol. The zero-order chi connectivity index (χ0) is 27.6. The van der Waals surface area contributed by atoms with Gasteiger partial charge in [0.25, 0.3) is 0 Å². The number of fused-ring (bicyclic) bond motifs is 7. The molecule has 0 N–H and O–H groups in total. The molecule has 9 aromatic rings. The average molecular weight is 556 g/mol. The van der Waals surface area contributed by atoms with Crippen LogP contribution in [0.1, 0.15) is 0 Å². The molecular formula is C37H21N3OS. The summed E-state index contributed by atoms with van der Waals surface area (Å²) < 4.78 is 8.74. The van der Waals surface area contributed by atoms with Gasteiger partial charge in [-0.2, -0.15) is 0 Å². The Bertz CT molecular complexity index is 2480. The lowest BCUT2D eigenvalue weighted by Crippen LogP contribution is -2.00. The Morgan fingerprint density at radius 3 is 2.02 bits per heavy atom. The Morgan fingerprint density at radius 2 is 1.14 bits per heavy atom. The standard InChI is InChI=1S/C37H21N3OS/c1-2-9-22(10-3-1)35-38-36(40-37(39-35)27-14-8-16-33-34(27)26-13-6-7-15-32(26)42-33)25-17-18-30-28(20-25)29-19-23-11-4-5-12-24(23)21-31(29)41-30/h1-21H. The van der Waals surface area contributed by atoms with E-state index < -0.39 is 0 Å². The highest BCUT2D eigenvalue weighted by atomic mass is 32.1. The van der Waals surface area contributed by atoms with Gasteiger partial charge in [-0.3, -0.25) is 0 Å². The molecule has 42 heavy (non-hydrogen) atoms. The largest absolute Gasteiger partial charge is 0.456 e. The van der Waals surface area contributed by atoms with Crippen molar-refractivity contribution in [2.24, 2.45) is 0 Å². The van der Waals surface area contributed by atoms with Crippen LogP contribution in [0, 0.1) is 0 Å². The fourth-order valence-electron chi connectivity index (χ4n) is 5.90. The SMILES string of the molecule is c1ccc(-c2nc(-c3ccc4oc5cc6ccccc6cc5c4c3)nc(-c3cccc4sc5ccccc5c34)n2)cc1. The maximum absolute atomic E-state index is 6.27. The summed E-state index contributed by atoms with van der Waals surface area (Å²) in [5, 5.41) is 6.87. The van der Waals surface area contributed by atoms with Crippen LogP contribution in [0.5, 0.6) is 0 Å². The van der Waals surface area contributed by atoms with E-state index in [4.69, 9.17) is 19.4 Å². The maximum Gasteiger partial charge on any atom is 0.164 e. The van der Waals surface area contributed by atoms with E-state index in [1.165, 1.54) is 25.6 Å². The molecule has 3 heterocycles. The number of nitrogens with zero attached hydrogens (tertiary/aromatic N) is 3. The van der Waals surface area contributed by atoms with Gasteiger partial charge in [0.15, 0.2) is 17.5 Å². The summed E-state index contributed by atoms with van der Waals surface area (Å²) in [5.41, 5.74) is 4.59. The van der Waals surface area contributed by atoms with Gasteiger partial charge in [-0.15, -0.1) is 11.3 Å². The van der Waals surface area contributed by atoms with E-state index in [9.17, 15) is 0 Å². The zero-order valence-electron chi connectivity index (χ0n) is 22.3. The smallest absolute Gasteiger partial charge is 0.164 e. The molecule has 196 valence electrons. The fraction of sp³-hybridized carbons (Fsp3) is 0. The molecule has 0 amide bonds. The second kappa shape index (κ2) is 9.06. The van der Waals surface area contributed by atoms with Gasteiger partial charge in [0.2, 0.25) is 0 Å². The molecule has 9 rings (SSSR count). The summed E-state index contributed by atoms with van der Waals surface area (Å²) >= 11 is 1.79. The number of furan rings is 1. The molecule has 0 aliphatic heterocycles. The highest BCUT2D eigenvalue weighted by Crippen LogP contribution is 2.40. The Morgan fingerprint density at radius 1 is 0.452 bits per heavy atom. The monoisotopic (exact) mass is 555 g/mol. The van der Waals surface area contributed by atoms with Crippen molar-refractivity contribution in [1.29, 1.82) is 0 Å². The predicted octanol–water partition coefficient (Wildman–Crippen LogP) is 10.3. The summed E-state index contributed by atoms with van der Waals surface area (Å²) in [6, 6.07) is 43.9. The topological polar surface area (TPSA) is 51.8 Å². The van der Waals surface area contributed by atoms with E-state index in [2.05, 4.69) is 84.9 Å². The van der Waals surface area contributed by atoms with Gasteiger partial charge in [0.1, 0.15) is 11.2 Å². The van der Waals surface area contributed by atoms with E-state index in [1.54, 1.807) is 11.3 Å². The minimum Gasteiger partial charge on any atom is -0.456 e. The van der Waals surface area contributed by atoms with Crippen molar-refractivity contribution >= 4 is 64.2 Å². The van der Waals surface area contributed by atoms with Crippen LogP contribution in [-0.2, 0) is 0 Å². The molecule has 0 bridgehead atoms. The van der Waals surface area contributed by atoms with Gasteiger partial charge in [-0.25, -0.2) is 15.0 Å². The van der Waals surface area contributed by atoms with E-state index in [-0.39, 0.29) is 0 Å². The Hall–Kier alpha value is -5.39. The minimum absolute atomic E-state index is 0.632. The number of aromatic nitrogens is 3. The van der Waals surface area contributed by atoms with Crippen LogP contribution < -0.4 is 0 Å². The van der Waals surface area contributed by atoms with Crippen molar-refractivity contribution in [2.75, 3.05) is 0 Å². The third-order valence-corrected chi connectivity index (χ3v) is 9.04. The Kier molecular flexibility index (Phi) is 5.03. The maximum atomic E-state index is 6.27. The number of rotatable bonds is 3. The molecule has 0 saturated heterocycles. The zero-order valence-corrected chi connectivity index (χ0v) is 23.1. The summed E-state index contributed by atoms with van der Waals surface area (Å²) in [5.74, 6) is 1.94. The summed E-state index contributed by atoms with van der Waals surface area (Å²) in [7, 11) is 0. The fourth-order valence-corrected chi connectivity index (χ4v) is 7.04. The molecule has 0 saturated carbocycles. The normalized spacial score (nSPS) is 11.8. The molecule has 5 heteroatoms. The van der Waals surface area contributed by atoms with Gasteiger partial charge < -0.3 is 4.42 Å². The molecule has 0 atom stereocenters. The van der Waals surface area contributed by atoms with Crippen molar-refractivity contribution in [2.45, 2.75) is 0 Å². The van der Waals surface area contributed by atoms with E-state index in [1.807, 2.05) is 42.5 Å². The van der Waals surface area contributed by atoms with Gasteiger partial charge >= 0.3 is 0 Å². The van der Waals surface area contributed by atoms with Crippen LogP contribution in [0.25, 0.3) is 87.0 Å². The molecule has 0 unspecified atom stereocenters. The van der Waals surface area contributed by atoms with E-state index in [0.29, 0.717) is 17.5 Å². The highest BCUT2D eigenvalue weighted by Gasteiger charge is 2.18. The first kappa shape index (κ1) is 23.3. The van der Waals surface area contributed by atoms with Crippen LogP contribution in [-0.4, -0.2) is 15.0 Å². The summed E-state index contributed by atoms with van der Waals surface area (Å²) in [6.45, 7) is 0. The molecule has 0 fully saturated rings. The third-order valence-electron chi connectivity index (χ3n) is 7.91. The van der Waals surface area contributed by atoms with Crippen LogP contribution >= 0.6 is 11.3 Å². The molecule has 0 aliphatic carbocycles. The average Bonchev–Trinajstić information content (AvgIpc) is 3.61. The van der Waals surface area contributed by atoms with Crippen molar-refractivity contribution < 1.29 is 4.42 Å². The van der Waals surface area contributed by atoms with Gasteiger partial charge in [0, 0.05) is 47.6 Å². The van der Waals surface area contributed by atoms with Gasteiger partial charge in [0.05, 0.1) is 0 Å². The van der Waals surface area contributed by atoms with E-state index >= 15 is 0 Å². The number of thiophene rings is 1. The first-order valence-electron chi connectivity index (χ1n) is 13.9. The number of hydrogen-bond donors (Lipinski definition) is 0. The first-order valence-corrected chi connectivity index (χ1v) is 14.7. The van der Waals surface area contributed by atoms with Crippen LogP contribution in [0.4, 0.5) is 0 Å². The molecule has 6 aromatic carbocycles. The number of benzene rings is 6. The lowest BCUT2D eigenvalue weighted by atomic mass is 10.0. The highest BCUT2D eigenvalue weighted by molar-refractivity contribution is 7.25. The van der Waals surface area contributed by atoms with Gasteiger partial charge in [-0.1, -0.05) is 84.9 Å². The molecule has 0 radical (unpaired) electrons. The molecule has 4 nitrogen and oxygen atoms in total. The van der Waals surface area contributed by atoms with Crippen LogP contribution in [0.15, 0.2) is 132 Å². The second-order valence-corrected chi connectivity index (χ2v) is 11.5. The first-order chi connectivity index (χ1) is 20.8. The van der Waals surface area contributed by atoms with Crippen molar-refractivity contribution in [3.63, 3.8) is 0 Å². The molecule has 0 spiro atoms. The molecule has 0 aliphatic rings. The Labute approximate surface area is 244 Å². The van der Waals surface area contributed by atoms with Gasteiger partial charge in [-0.05, 0) is 53.2 Å². The lowest BCUT2D eigenvalue weighted by molar-refractivity contribution is 0.669. The summed E-state index contributed by atoms with van der Waals surface area (Å²) in [6.07, 6.45) is 0. The summed E-state index contributed by atoms with van der Waals surface area (Å²) in [4.78, 5) is 15.1. The number of hydrogen-bond acceptors (Lipinski definition) is 5. The minimum atomic E-state index is 0.632. The van der Waals surface area contributed by atoms with Crippen molar-refractivity contribution in [1.82, 2.24) is 15.0 Å². The van der Waals surface area contributed by atoms with Crippen LogP contribution in [0.2, 0.25) is 0 Å². The van der Waals surface area contributed by atoms with Crippen LogP contribution in [0.3, 0.4) is 0 Å². The lowest BCUT2D eigenvalue weighted by Gasteiger charge is -2.09. The van der Waals surface area contributed by atoms with E-state index in [0.717, 1.165) is 44.0 Å². The Balaban J connectivity index is 1.30. The quantitative estimate of drug-likeness (QED) is 0.218. The van der Waals surface area contributed by atoms with Crippen molar-refractivity contribution in [3.8, 4) is 34.2 Å².